The van der Waals surface area contributed by atoms with Crippen LogP contribution in [-0.2, 0) is 19.6 Å². The predicted octanol–water partition coefficient (Wildman–Crippen LogP) is 2.14. The van der Waals surface area contributed by atoms with Crippen LogP contribution in [0.15, 0.2) is 47.4 Å². The molecule has 34 heavy (non-hydrogen) atoms. The van der Waals surface area contributed by atoms with Crippen LogP contribution in [0.3, 0.4) is 0 Å². The third-order valence-corrected chi connectivity index (χ3v) is 7.48. The van der Waals surface area contributed by atoms with Crippen molar-refractivity contribution in [1.82, 2.24) is 10.2 Å². The van der Waals surface area contributed by atoms with Gasteiger partial charge in [-0.05, 0) is 55.3 Å². The summed E-state index contributed by atoms with van der Waals surface area (Å²) in [6.07, 6.45) is 0.851. The molecule has 0 bridgehead atoms. The lowest BCUT2D eigenvalue weighted by molar-refractivity contribution is -0.133. The lowest BCUT2D eigenvalue weighted by Gasteiger charge is -2.42. The van der Waals surface area contributed by atoms with Gasteiger partial charge in [-0.25, -0.2) is 12.8 Å². The first-order valence-corrected chi connectivity index (χ1v) is 12.3. The van der Waals surface area contributed by atoms with E-state index in [1.807, 2.05) is 0 Å². The number of rotatable bonds is 5. The molecule has 2 amide bonds. The molecule has 2 aromatic rings. The Hall–Kier alpha value is -3.18. The van der Waals surface area contributed by atoms with Crippen molar-refractivity contribution in [2.45, 2.75) is 42.4 Å². The minimum atomic E-state index is -3.98. The summed E-state index contributed by atoms with van der Waals surface area (Å²) in [7, 11) is -0.729. The van der Waals surface area contributed by atoms with Crippen LogP contribution in [0.25, 0.3) is 0 Å². The van der Waals surface area contributed by atoms with Crippen LogP contribution in [0.2, 0.25) is 0 Å². The van der Waals surface area contributed by atoms with Gasteiger partial charge in [0.05, 0.1) is 29.0 Å². The molecule has 182 valence electrons. The maximum atomic E-state index is 13.3. The van der Waals surface area contributed by atoms with Crippen molar-refractivity contribution in [3.8, 4) is 5.75 Å². The lowest BCUT2D eigenvalue weighted by Crippen LogP contribution is -2.53. The molecule has 0 saturated carbocycles. The van der Waals surface area contributed by atoms with Crippen LogP contribution in [0.5, 0.6) is 5.75 Å². The highest BCUT2D eigenvalue weighted by molar-refractivity contribution is 7.92. The quantitative estimate of drug-likeness (QED) is 0.663. The fraction of sp³-hybridized carbons (Fsp3) is 0.391. The summed E-state index contributed by atoms with van der Waals surface area (Å²) in [4.78, 5) is 26.5. The van der Waals surface area contributed by atoms with Gasteiger partial charge >= 0.3 is 0 Å². The summed E-state index contributed by atoms with van der Waals surface area (Å²) in [6, 6.07) is 8.63. The Morgan fingerprint density at radius 3 is 2.62 bits per heavy atom. The first kappa shape index (κ1) is 24.0. The van der Waals surface area contributed by atoms with E-state index in [-0.39, 0.29) is 53.1 Å². The lowest BCUT2D eigenvalue weighted by atomic mass is 9.94. The van der Waals surface area contributed by atoms with E-state index in [9.17, 15) is 22.4 Å². The Kier molecular flexibility index (Phi) is 6.76. The zero-order valence-corrected chi connectivity index (χ0v) is 19.6. The molecule has 1 saturated heterocycles. The molecule has 1 fully saturated rings. The topological polar surface area (TPSA) is 114 Å². The van der Waals surface area contributed by atoms with Crippen molar-refractivity contribution in [1.29, 1.82) is 0 Å². The smallest absolute Gasteiger partial charge is 0.261 e. The van der Waals surface area contributed by atoms with E-state index in [1.54, 1.807) is 19.0 Å². The van der Waals surface area contributed by atoms with Crippen LogP contribution < -0.4 is 14.8 Å². The summed E-state index contributed by atoms with van der Waals surface area (Å²) in [6.45, 7) is 0.181. The molecule has 2 aliphatic rings. The first-order valence-electron chi connectivity index (χ1n) is 10.9. The van der Waals surface area contributed by atoms with Gasteiger partial charge in [-0.1, -0.05) is 0 Å². The van der Waals surface area contributed by atoms with Crippen LogP contribution in [0.4, 0.5) is 10.1 Å². The van der Waals surface area contributed by atoms with Gasteiger partial charge in [-0.3, -0.25) is 14.3 Å². The van der Waals surface area contributed by atoms with Crippen molar-refractivity contribution < 1.29 is 31.9 Å². The van der Waals surface area contributed by atoms with Gasteiger partial charge in [-0.2, -0.15) is 0 Å². The molecular formula is C23H26FN3O6S. The maximum absolute atomic E-state index is 13.3. The van der Waals surface area contributed by atoms with E-state index in [1.165, 1.54) is 18.2 Å². The Bertz CT molecular complexity index is 1190. The van der Waals surface area contributed by atoms with Gasteiger partial charge in [0, 0.05) is 19.8 Å². The van der Waals surface area contributed by atoms with Gasteiger partial charge in [0.2, 0.25) is 5.91 Å². The number of hydrogen-bond acceptors (Lipinski definition) is 6. The SMILES string of the molecule is CNC(=O)C[C@@H]1CC[C@@H]2[C@H](COc3ccc(NS(=O)(=O)c4ccc(F)cc4)cc3C(=O)N2C)O1. The minimum Gasteiger partial charge on any atom is -0.490 e. The summed E-state index contributed by atoms with van der Waals surface area (Å²) < 4.78 is 52.9. The number of sulfonamides is 1. The normalized spacial score (nSPS) is 22.5. The highest BCUT2D eigenvalue weighted by Crippen LogP contribution is 2.33. The third kappa shape index (κ3) is 5.00. The van der Waals surface area contributed by atoms with Crippen molar-refractivity contribution in [3.05, 3.63) is 53.8 Å². The van der Waals surface area contributed by atoms with E-state index in [0.29, 0.717) is 18.6 Å². The highest BCUT2D eigenvalue weighted by Gasteiger charge is 2.39. The number of likely N-dealkylation sites (N-methyl/N-ethyl adjacent to an activating group) is 1. The second kappa shape index (κ2) is 9.59. The van der Waals surface area contributed by atoms with E-state index >= 15 is 0 Å². The van der Waals surface area contributed by atoms with Crippen molar-refractivity contribution >= 4 is 27.5 Å². The van der Waals surface area contributed by atoms with Gasteiger partial charge in [0.25, 0.3) is 15.9 Å². The number of nitrogens with zero attached hydrogens (tertiary/aromatic N) is 1. The molecule has 2 heterocycles. The van der Waals surface area contributed by atoms with E-state index in [2.05, 4.69) is 10.0 Å². The summed E-state index contributed by atoms with van der Waals surface area (Å²) in [5.41, 5.74) is 0.392. The second-order valence-corrected chi connectivity index (χ2v) is 10.00. The van der Waals surface area contributed by atoms with Crippen LogP contribution in [-0.4, -0.2) is 64.1 Å². The molecule has 3 atom stereocenters. The summed E-state index contributed by atoms with van der Waals surface area (Å²) in [5.74, 6) is -0.686. The average molecular weight is 492 g/mol. The third-order valence-electron chi connectivity index (χ3n) is 6.08. The molecule has 2 aliphatic heterocycles. The molecule has 2 aromatic carbocycles. The monoisotopic (exact) mass is 491 g/mol. The Balaban J connectivity index is 1.55. The molecule has 0 aromatic heterocycles. The Labute approximate surface area is 197 Å². The number of fused-ring (bicyclic) bond motifs is 2. The Morgan fingerprint density at radius 2 is 1.91 bits per heavy atom. The second-order valence-electron chi connectivity index (χ2n) is 8.32. The molecule has 9 nitrogen and oxygen atoms in total. The number of benzene rings is 2. The average Bonchev–Trinajstić information content (AvgIpc) is 2.81. The molecule has 2 N–H and O–H groups in total. The van der Waals surface area contributed by atoms with E-state index in [4.69, 9.17) is 9.47 Å². The maximum Gasteiger partial charge on any atom is 0.261 e. The number of carbonyl (C=O) groups is 2. The van der Waals surface area contributed by atoms with Crippen LogP contribution in [0.1, 0.15) is 29.6 Å². The minimum absolute atomic E-state index is 0.103. The summed E-state index contributed by atoms with van der Waals surface area (Å²) >= 11 is 0. The molecule has 0 radical (unpaired) electrons. The van der Waals surface area contributed by atoms with Gasteiger partial charge in [-0.15, -0.1) is 0 Å². The van der Waals surface area contributed by atoms with E-state index < -0.39 is 21.9 Å². The molecule has 0 unspecified atom stereocenters. The van der Waals surface area contributed by atoms with Crippen molar-refractivity contribution in [2.75, 3.05) is 25.4 Å². The van der Waals surface area contributed by atoms with Crippen LogP contribution in [0, 0.1) is 5.82 Å². The molecule has 4 rings (SSSR count). The number of anilines is 1. The molecule has 11 heteroatoms. The van der Waals surface area contributed by atoms with Gasteiger partial charge < -0.3 is 19.7 Å². The van der Waals surface area contributed by atoms with Gasteiger partial charge in [0.1, 0.15) is 24.3 Å². The standard InChI is InChI=1S/C23H26FN3O6S/c1-25-22(28)12-16-6-9-19-21(33-16)13-32-20-10-5-15(11-18(20)23(29)27(19)2)26-34(30,31)17-7-3-14(24)4-8-17/h3-5,7-8,10-11,16,19,21,26H,6,9,12-13H2,1-2H3,(H,25,28)/t16-,19+,21-/m0/s1. The first-order chi connectivity index (χ1) is 16.2. The number of halogens is 1. The van der Waals surface area contributed by atoms with Crippen molar-refractivity contribution in [3.63, 3.8) is 0 Å². The molecule has 0 spiro atoms. The number of hydrogen-bond donors (Lipinski definition) is 2. The van der Waals surface area contributed by atoms with E-state index in [0.717, 1.165) is 24.3 Å². The Morgan fingerprint density at radius 1 is 1.18 bits per heavy atom. The fourth-order valence-electron chi connectivity index (χ4n) is 4.23. The molecule has 0 aliphatic carbocycles. The largest absolute Gasteiger partial charge is 0.490 e. The fourth-order valence-corrected chi connectivity index (χ4v) is 5.28. The number of amides is 2. The van der Waals surface area contributed by atoms with Crippen LogP contribution >= 0.6 is 0 Å². The highest BCUT2D eigenvalue weighted by atomic mass is 32.2. The van der Waals surface area contributed by atoms with Gasteiger partial charge in [0.15, 0.2) is 0 Å². The molecular weight excluding hydrogens is 465 g/mol. The van der Waals surface area contributed by atoms with Crippen molar-refractivity contribution in [2.24, 2.45) is 0 Å². The zero-order valence-electron chi connectivity index (χ0n) is 18.8. The number of ether oxygens (including phenoxy) is 2. The number of carbonyl (C=O) groups excluding carboxylic acids is 2. The zero-order chi connectivity index (χ0) is 24.5. The predicted molar refractivity (Wildman–Crippen MR) is 122 cm³/mol. The summed E-state index contributed by atoms with van der Waals surface area (Å²) in [5, 5.41) is 2.59. The number of nitrogens with one attached hydrogen (secondary N) is 2.